The number of pyridine rings is 1. The van der Waals surface area contributed by atoms with Crippen LogP contribution in [0.2, 0.25) is 0 Å². The zero-order valence-electron chi connectivity index (χ0n) is 14.2. The zero-order valence-corrected chi connectivity index (χ0v) is 16.6. The predicted octanol–water partition coefficient (Wildman–Crippen LogP) is 3.69. The van der Waals surface area contributed by atoms with E-state index in [2.05, 4.69) is 31.2 Å². The van der Waals surface area contributed by atoms with Crippen LogP contribution < -0.4 is 0 Å². The minimum Gasteiger partial charge on any atom is -0.263 e. The molecule has 142 valence electrons. The summed E-state index contributed by atoms with van der Waals surface area (Å²) in [4.78, 5) is 4.01. The standard InChI is InChI=1S/C17H15BrF2N4O2S/c1-2-5-27(25,26)10-11-3-4-14(19)17(16(11)20)24-9-15(22-23-24)12-6-13(18)8-21-7-12/h3-4,6-9H,2,5,10H2,1H3. The van der Waals surface area contributed by atoms with Gasteiger partial charge >= 0.3 is 0 Å². The summed E-state index contributed by atoms with van der Waals surface area (Å²) in [6.45, 7) is 1.72. The number of hydrogen-bond acceptors (Lipinski definition) is 5. The Hall–Kier alpha value is -2.20. The zero-order chi connectivity index (χ0) is 19.6. The molecule has 10 heteroatoms. The van der Waals surface area contributed by atoms with Crippen LogP contribution in [0.3, 0.4) is 0 Å². The van der Waals surface area contributed by atoms with Gasteiger partial charge in [-0.15, -0.1) is 5.10 Å². The summed E-state index contributed by atoms with van der Waals surface area (Å²) in [6, 6.07) is 3.90. The highest BCUT2D eigenvalue weighted by molar-refractivity contribution is 9.10. The molecule has 1 aromatic carbocycles. The van der Waals surface area contributed by atoms with Crippen molar-refractivity contribution in [2.45, 2.75) is 19.1 Å². The van der Waals surface area contributed by atoms with E-state index in [9.17, 15) is 17.2 Å². The summed E-state index contributed by atoms with van der Waals surface area (Å²) >= 11 is 3.29. The minimum atomic E-state index is -3.48. The summed E-state index contributed by atoms with van der Waals surface area (Å²) in [6.07, 6.45) is 4.91. The molecule has 0 saturated carbocycles. The van der Waals surface area contributed by atoms with Gasteiger partial charge in [-0.05, 0) is 34.5 Å². The van der Waals surface area contributed by atoms with Gasteiger partial charge in [0, 0.05) is 28.0 Å². The van der Waals surface area contributed by atoms with Crippen LogP contribution in [0, 0.1) is 11.6 Å². The molecule has 3 aromatic rings. The van der Waals surface area contributed by atoms with Gasteiger partial charge in [0.2, 0.25) is 0 Å². The van der Waals surface area contributed by atoms with E-state index in [1.807, 2.05) is 0 Å². The smallest absolute Gasteiger partial charge is 0.156 e. The van der Waals surface area contributed by atoms with Gasteiger partial charge in [-0.3, -0.25) is 4.98 Å². The number of hydrogen-bond donors (Lipinski definition) is 0. The molecular formula is C17H15BrF2N4O2S. The largest absolute Gasteiger partial charge is 0.263 e. The second kappa shape index (κ2) is 7.81. The van der Waals surface area contributed by atoms with Crippen LogP contribution in [0.4, 0.5) is 8.78 Å². The van der Waals surface area contributed by atoms with Crippen molar-refractivity contribution < 1.29 is 17.2 Å². The van der Waals surface area contributed by atoms with Crippen LogP contribution >= 0.6 is 15.9 Å². The molecule has 0 aliphatic rings. The molecular weight excluding hydrogens is 442 g/mol. The fraction of sp³-hybridized carbons (Fsp3) is 0.235. The Kier molecular flexibility index (Phi) is 5.66. The van der Waals surface area contributed by atoms with Crippen molar-refractivity contribution in [3.05, 3.63) is 58.5 Å². The first-order valence-corrected chi connectivity index (χ1v) is 10.6. The molecule has 0 spiro atoms. The van der Waals surface area contributed by atoms with Crippen molar-refractivity contribution in [3.8, 4) is 16.9 Å². The highest BCUT2D eigenvalue weighted by atomic mass is 79.9. The molecule has 2 heterocycles. The molecule has 0 aliphatic heterocycles. The van der Waals surface area contributed by atoms with Crippen LogP contribution in [-0.4, -0.2) is 34.1 Å². The van der Waals surface area contributed by atoms with Gasteiger partial charge in [-0.1, -0.05) is 18.2 Å². The first kappa shape index (κ1) is 19.6. The minimum absolute atomic E-state index is 0.0670. The lowest BCUT2D eigenvalue weighted by Gasteiger charge is -2.09. The number of halogens is 3. The molecule has 0 saturated heterocycles. The summed E-state index contributed by atoms with van der Waals surface area (Å²) in [7, 11) is -3.48. The molecule has 0 amide bonds. The van der Waals surface area contributed by atoms with E-state index in [0.29, 0.717) is 17.7 Å². The van der Waals surface area contributed by atoms with Gasteiger partial charge in [0.25, 0.3) is 0 Å². The molecule has 0 aliphatic carbocycles. The lowest BCUT2D eigenvalue weighted by molar-refractivity contribution is 0.547. The van der Waals surface area contributed by atoms with E-state index >= 15 is 0 Å². The van der Waals surface area contributed by atoms with Gasteiger partial charge in [-0.2, -0.15) is 0 Å². The SMILES string of the molecule is CCCS(=O)(=O)Cc1ccc(F)c(-n2cc(-c3cncc(Br)c3)nn2)c1F. The molecule has 0 bridgehead atoms. The summed E-state index contributed by atoms with van der Waals surface area (Å²) in [5, 5.41) is 7.70. The second-order valence-corrected chi connectivity index (χ2v) is 9.00. The number of aromatic nitrogens is 4. The summed E-state index contributed by atoms with van der Waals surface area (Å²) < 4.78 is 54.8. The van der Waals surface area contributed by atoms with E-state index in [-0.39, 0.29) is 11.3 Å². The van der Waals surface area contributed by atoms with Gasteiger partial charge in [0.1, 0.15) is 11.4 Å². The number of rotatable bonds is 6. The molecule has 0 fully saturated rings. The number of sulfone groups is 1. The van der Waals surface area contributed by atoms with Crippen LogP contribution in [0.25, 0.3) is 16.9 Å². The first-order valence-electron chi connectivity index (χ1n) is 8.01. The third-order valence-corrected chi connectivity index (χ3v) is 5.98. The molecule has 2 aromatic heterocycles. The lowest BCUT2D eigenvalue weighted by Crippen LogP contribution is -2.12. The van der Waals surface area contributed by atoms with Crippen LogP contribution in [0.5, 0.6) is 0 Å². The van der Waals surface area contributed by atoms with Crippen molar-refractivity contribution in [1.82, 2.24) is 20.0 Å². The lowest BCUT2D eigenvalue weighted by atomic mass is 10.2. The Morgan fingerprint density at radius 1 is 1.22 bits per heavy atom. The Labute approximate surface area is 163 Å². The third-order valence-electron chi connectivity index (χ3n) is 3.76. The molecule has 0 radical (unpaired) electrons. The van der Waals surface area contributed by atoms with E-state index in [0.717, 1.165) is 21.3 Å². The maximum atomic E-state index is 14.9. The fourth-order valence-corrected chi connectivity index (χ4v) is 4.41. The van der Waals surface area contributed by atoms with Crippen LogP contribution in [0.1, 0.15) is 18.9 Å². The molecule has 0 unspecified atom stereocenters. The molecule has 0 atom stereocenters. The summed E-state index contributed by atoms with van der Waals surface area (Å²) in [5.74, 6) is -2.41. The van der Waals surface area contributed by atoms with Crippen molar-refractivity contribution in [2.75, 3.05) is 5.75 Å². The van der Waals surface area contributed by atoms with E-state index in [4.69, 9.17) is 0 Å². The quantitative estimate of drug-likeness (QED) is 0.564. The highest BCUT2D eigenvalue weighted by Crippen LogP contribution is 2.25. The summed E-state index contributed by atoms with van der Waals surface area (Å²) in [5.41, 5.74) is 0.395. The Morgan fingerprint density at radius 2 is 2.00 bits per heavy atom. The highest BCUT2D eigenvalue weighted by Gasteiger charge is 2.21. The third kappa shape index (κ3) is 4.38. The molecule has 6 nitrogen and oxygen atoms in total. The van der Waals surface area contributed by atoms with E-state index < -0.39 is 32.9 Å². The van der Waals surface area contributed by atoms with Gasteiger partial charge < -0.3 is 0 Å². The van der Waals surface area contributed by atoms with Crippen molar-refractivity contribution in [2.24, 2.45) is 0 Å². The number of nitrogens with zero attached hydrogens (tertiary/aromatic N) is 4. The average Bonchev–Trinajstić information content (AvgIpc) is 3.07. The molecule has 3 rings (SSSR count). The predicted molar refractivity (Wildman–Crippen MR) is 100.0 cm³/mol. The van der Waals surface area contributed by atoms with Crippen LogP contribution in [0.15, 0.2) is 41.3 Å². The number of benzene rings is 1. The normalized spacial score (nSPS) is 11.7. The Morgan fingerprint density at radius 3 is 2.70 bits per heavy atom. The average molecular weight is 457 g/mol. The molecule has 0 N–H and O–H groups in total. The maximum absolute atomic E-state index is 14.9. The molecule has 27 heavy (non-hydrogen) atoms. The second-order valence-electron chi connectivity index (χ2n) is 5.90. The van der Waals surface area contributed by atoms with Gasteiger partial charge in [0.15, 0.2) is 21.5 Å². The monoisotopic (exact) mass is 456 g/mol. The van der Waals surface area contributed by atoms with Crippen molar-refractivity contribution in [3.63, 3.8) is 0 Å². The van der Waals surface area contributed by atoms with Crippen LogP contribution in [-0.2, 0) is 15.6 Å². The Balaban J connectivity index is 2.01. The van der Waals surface area contributed by atoms with E-state index in [1.54, 1.807) is 25.4 Å². The first-order chi connectivity index (χ1) is 12.8. The fourth-order valence-electron chi connectivity index (χ4n) is 2.58. The van der Waals surface area contributed by atoms with Gasteiger partial charge in [-0.25, -0.2) is 21.9 Å². The van der Waals surface area contributed by atoms with Crippen molar-refractivity contribution >= 4 is 25.8 Å². The van der Waals surface area contributed by atoms with Gasteiger partial charge in [0.05, 0.1) is 17.7 Å². The van der Waals surface area contributed by atoms with Crippen molar-refractivity contribution in [1.29, 1.82) is 0 Å². The van der Waals surface area contributed by atoms with E-state index in [1.165, 1.54) is 6.20 Å². The topological polar surface area (TPSA) is 77.7 Å². The Bertz CT molecular complexity index is 1090. The maximum Gasteiger partial charge on any atom is 0.156 e.